The van der Waals surface area contributed by atoms with E-state index in [4.69, 9.17) is 4.42 Å². The van der Waals surface area contributed by atoms with Gasteiger partial charge in [-0.1, -0.05) is 18.2 Å². The van der Waals surface area contributed by atoms with Gasteiger partial charge in [-0.05, 0) is 84.4 Å². The van der Waals surface area contributed by atoms with Crippen molar-refractivity contribution < 1.29 is 14.3 Å². The van der Waals surface area contributed by atoms with Crippen LogP contribution in [0.4, 0.5) is 34.1 Å². The first-order chi connectivity index (χ1) is 20.8. The van der Waals surface area contributed by atoms with E-state index in [0.29, 0.717) is 16.7 Å². The van der Waals surface area contributed by atoms with Crippen molar-refractivity contribution in [2.75, 3.05) is 48.6 Å². The Hall–Kier alpha value is -5.56. The molecule has 6 aromatic rings. The summed E-state index contributed by atoms with van der Waals surface area (Å²) in [6.45, 7) is 0. The molecule has 0 atom stereocenters. The number of nitrogens with one attached hydrogen (secondary N) is 2. The van der Waals surface area contributed by atoms with Crippen molar-refractivity contribution in [2.45, 2.75) is 0 Å². The zero-order valence-electron chi connectivity index (χ0n) is 24.6. The van der Waals surface area contributed by atoms with Crippen LogP contribution in [0.5, 0.6) is 0 Å². The van der Waals surface area contributed by atoms with Gasteiger partial charge in [0.1, 0.15) is 0 Å². The van der Waals surface area contributed by atoms with Crippen molar-refractivity contribution in [1.29, 1.82) is 0 Å². The Balaban J connectivity index is 1.47. The van der Waals surface area contributed by atoms with Crippen LogP contribution >= 0.6 is 0 Å². The molecule has 5 aromatic carbocycles. The normalized spacial score (nSPS) is 11.0. The van der Waals surface area contributed by atoms with Crippen molar-refractivity contribution in [1.82, 2.24) is 0 Å². The second-order valence-electron chi connectivity index (χ2n) is 10.9. The summed E-state index contributed by atoms with van der Waals surface area (Å²) in [5.74, 6) is -0.975. The molecule has 1 heterocycles. The molecule has 0 radical (unpaired) electrons. The number of nitrogens with zero attached hydrogens (tertiary/aromatic N) is 2. The zero-order chi connectivity index (χ0) is 30.1. The molecule has 1 aromatic heterocycles. The van der Waals surface area contributed by atoms with E-state index in [2.05, 4.69) is 44.7 Å². The van der Waals surface area contributed by atoms with E-state index in [1.54, 1.807) is 12.1 Å². The van der Waals surface area contributed by atoms with E-state index in [0.717, 1.165) is 50.5 Å². The largest absolute Gasteiger partial charge is 0.478 e. The Morgan fingerprint density at radius 1 is 0.605 bits per heavy atom. The standard InChI is InChI=1S/C36H32N4O3/c1-39(2)27-15-9-23(10-16-27)37-25-13-19-31-33(21-25)43-34-22-26(38-24-11-17-28(18-12-24)40(3)4)14-20-32(34)35(31)29-7-5-6-8-30(29)36(41)42/h5-22,37-38H,1-4H3/p+1. The predicted octanol–water partition coefficient (Wildman–Crippen LogP) is 8.85. The molecule has 7 nitrogen and oxygen atoms in total. The number of rotatable bonds is 8. The van der Waals surface area contributed by atoms with E-state index in [-0.39, 0.29) is 5.56 Å². The van der Waals surface area contributed by atoms with Gasteiger partial charge in [0.2, 0.25) is 0 Å². The Labute approximate surface area is 250 Å². The molecule has 0 aliphatic carbocycles. The molecule has 0 bridgehead atoms. The van der Waals surface area contributed by atoms with E-state index in [1.165, 1.54) is 0 Å². The van der Waals surface area contributed by atoms with E-state index >= 15 is 0 Å². The number of hydrogen-bond donors (Lipinski definition) is 3. The lowest BCUT2D eigenvalue weighted by atomic mass is 9.93. The molecule has 7 heteroatoms. The first-order valence-corrected chi connectivity index (χ1v) is 14.0. The second kappa shape index (κ2) is 11.4. The molecule has 0 aliphatic rings. The third-order valence-electron chi connectivity index (χ3n) is 7.49. The minimum atomic E-state index is -0.975. The topological polar surface area (TPSA) is 79.1 Å². The van der Waals surface area contributed by atoms with Gasteiger partial charge in [-0.15, -0.1) is 0 Å². The van der Waals surface area contributed by atoms with E-state index in [9.17, 15) is 9.90 Å². The highest BCUT2D eigenvalue weighted by molar-refractivity contribution is 6.12. The summed E-state index contributed by atoms with van der Waals surface area (Å²) in [5, 5.41) is 18.6. The number of benzene rings is 5. The summed E-state index contributed by atoms with van der Waals surface area (Å²) in [4.78, 5) is 16.4. The molecule has 0 unspecified atom stereocenters. The van der Waals surface area contributed by atoms with Gasteiger partial charge in [0, 0.05) is 67.9 Å². The van der Waals surface area contributed by atoms with Crippen LogP contribution in [0.15, 0.2) is 114 Å². The highest BCUT2D eigenvalue weighted by Gasteiger charge is 2.24. The first kappa shape index (κ1) is 27.6. The van der Waals surface area contributed by atoms with Crippen molar-refractivity contribution in [3.05, 3.63) is 115 Å². The van der Waals surface area contributed by atoms with Crippen LogP contribution in [0.2, 0.25) is 0 Å². The monoisotopic (exact) mass is 569 g/mol. The van der Waals surface area contributed by atoms with E-state index < -0.39 is 5.97 Å². The third-order valence-corrected chi connectivity index (χ3v) is 7.49. The minimum absolute atomic E-state index is 0.239. The van der Waals surface area contributed by atoms with Gasteiger partial charge in [-0.2, -0.15) is 0 Å². The SMILES string of the molecule is CN(C)c1ccc(Nc2ccc3c(-c4ccccc4C(=O)O)c4ccc(Nc5ccc(N(C)C)cc5)cc4[o+]c3c2)cc1. The number of hydrogen-bond acceptors (Lipinski definition) is 5. The van der Waals surface area contributed by atoms with E-state index in [1.807, 2.05) is 101 Å². The molecule has 0 spiro atoms. The minimum Gasteiger partial charge on any atom is -0.478 e. The number of fused-ring (bicyclic) bond motifs is 2. The highest BCUT2D eigenvalue weighted by atomic mass is 16.4. The van der Waals surface area contributed by atoms with Crippen molar-refractivity contribution in [2.24, 2.45) is 0 Å². The maximum absolute atomic E-state index is 12.3. The van der Waals surface area contributed by atoms with Crippen LogP contribution in [0.3, 0.4) is 0 Å². The maximum Gasteiger partial charge on any atom is 0.363 e. The van der Waals surface area contributed by atoms with Crippen molar-refractivity contribution >= 4 is 62.0 Å². The summed E-state index contributed by atoms with van der Waals surface area (Å²) < 4.78 is 6.53. The average Bonchev–Trinajstić information content (AvgIpc) is 3.00. The average molecular weight is 570 g/mol. The lowest BCUT2D eigenvalue weighted by Crippen LogP contribution is -2.08. The molecular weight excluding hydrogens is 536 g/mol. The predicted molar refractivity (Wildman–Crippen MR) is 179 cm³/mol. The van der Waals surface area contributed by atoms with Crippen LogP contribution in [-0.4, -0.2) is 39.3 Å². The Morgan fingerprint density at radius 2 is 1.05 bits per heavy atom. The van der Waals surface area contributed by atoms with Crippen molar-refractivity contribution in [3.63, 3.8) is 0 Å². The van der Waals surface area contributed by atoms with Crippen LogP contribution < -0.4 is 20.4 Å². The second-order valence-corrected chi connectivity index (χ2v) is 10.9. The van der Waals surface area contributed by atoms with Crippen LogP contribution in [0, 0.1) is 0 Å². The molecule has 6 rings (SSSR count). The Kier molecular flexibility index (Phi) is 7.30. The molecule has 0 amide bonds. The Morgan fingerprint density at radius 3 is 1.49 bits per heavy atom. The molecular formula is C36H33N4O3+. The maximum atomic E-state index is 12.3. The fraction of sp³-hybridized carbons (Fsp3) is 0.111. The molecule has 0 saturated carbocycles. The summed E-state index contributed by atoms with van der Waals surface area (Å²) in [5.41, 5.74) is 8.84. The van der Waals surface area contributed by atoms with Gasteiger partial charge in [-0.25, -0.2) is 9.21 Å². The smallest absolute Gasteiger partial charge is 0.363 e. The van der Waals surface area contributed by atoms with Crippen molar-refractivity contribution in [3.8, 4) is 11.1 Å². The van der Waals surface area contributed by atoms with Gasteiger partial charge in [0.05, 0.1) is 28.5 Å². The number of carboxylic acid groups (broad SMARTS) is 1. The molecule has 43 heavy (non-hydrogen) atoms. The third kappa shape index (κ3) is 5.65. The van der Waals surface area contributed by atoms with Gasteiger partial charge >= 0.3 is 17.1 Å². The number of carboxylic acids is 1. The molecule has 0 aliphatic heterocycles. The molecule has 0 fully saturated rings. The molecule has 3 N–H and O–H groups in total. The first-order valence-electron chi connectivity index (χ1n) is 14.0. The fourth-order valence-electron chi connectivity index (χ4n) is 5.24. The van der Waals surface area contributed by atoms with Gasteiger partial charge in [0.25, 0.3) is 0 Å². The summed E-state index contributed by atoms with van der Waals surface area (Å²) in [7, 11) is 8.05. The molecule has 0 saturated heterocycles. The quantitative estimate of drug-likeness (QED) is 0.125. The van der Waals surface area contributed by atoms with Crippen LogP contribution in [-0.2, 0) is 0 Å². The number of carbonyl (C=O) groups is 1. The lowest BCUT2D eigenvalue weighted by molar-refractivity contribution is 0.0697. The fourth-order valence-corrected chi connectivity index (χ4v) is 5.24. The van der Waals surface area contributed by atoms with Crippen LogP contribution in [0.1, 0.15) is 10.4 Å². The lowest BCUT2D eigenvalue weighted by Gasteiger charge is -2.14. The van der Waals surface area contributed by atoms with Gasteiger partial charge < -0.3 is 25.5 Å². The number of anilines is 6. The summed E-state index contributed by atoms with van der Waals surface area (Å²) >= 11 is 0. The zero-order valence-corrected chi connectivity index (χ0v) is 24.6. The summed E-state index contributed by atoms with van der Waals surface area (Å²) in [6.07, 6.45) is 0. The Bertz CT molecular complexity index is 1840. The number of aromatic carboxylic acids is 1. The molecule has 214 valence electrons. The van der Waals surface area contributed by atoms with Gasteiger partial charge in [0.15, 0.2) is 0 Å². The van der Waals surface area contributed by atoms with Crippen LogP contribution in [0.25, 0.3) is 33.1 Å². The summed E-state index contributed by atoms with van der Waals surface area (Å²) in [6, 6.07) is 35.4. The highest BCUT2D eigenvalue weighted by Crippen LogP contribution is 2.40. The van der Waals surface area contributed by atoms with Gasteiger partial charge in [-0.3, -0.25) is 0 Å².